The minimum absolute atomic E-state index is 0.376. The Morgan fingerprint density at radius 3 is 2.65 bits per heavy atom. The summed E-state index contributed by atoms with van der Waals surface area (Å²) >= 11 is 12.6. The van der Waals surface area contributed by atoms with E-state index in [4.69, 9.17) is 11.6 Å². The Morgan fingerprint density at radius 1 is 1.35 bits per heavy atom. The quantitative estimate of drug-likeness (QED) is 0.765. The van der Waals surface area contributed by atoms with Crippen molar-refractivity contribution < 1.29 is 9.90 Å². The molecule has 0 fully saturated rings. The molecule has 1 unspecified atom stereocenters. The molecule has 1 heterocycles. The third-order valence-electron chi connectivity index (χ3n) is 2.53. The van der Waals surface area contributed by atoms with Crippen LogP contribution in [0.4, 0.5) is 5.69 Å². The minimum Gasteiger partial charge on any atom is -0.479 e. The van der Waals surface area contributed by atoms with E-state index in [-0.39, 0.29) is 0 Å². The van der Waals surface area contributed by atoms with Crippen LogP contribution in [0.2, 0.25) is 5.02 Å². The molecule has 1 atom stereocenters. The van der Waals surface area contributed by atoms with Gasteiger partial charge in [-0.2, -0.15) is 0 Å². The molecule has 20 heavy (non-hydrogen) atoms. The highest BCUT2D eigenvalue weighted by Gasteiger charge is 2.24. The van der Waals surface area contributed by atoms with E-state index in [9.17, 15) is 9.90 Å². The molecule has 1 aromatic carbocycles. The maximum atomic E-state index is 11.5. The van der Waals surface area contributed by atoms with Crippen molar-refractivity contribution in [1.29, 1.82) is 0 Å². The van der Waals surface area contributed by atoms with Gasteiger partial charge in [-0.15, -0.1) is 0 Å². The van der Waals surface area contributed by atoms with E-state index < -0.39 is 12.0 Å². The Balaban J connectivity index is 2.37. The molecule has 0 amide bonds. The number of para-hydroxylation sites is 1. The van der Waals surface area contributed by atoms with Crippen LogP contribution in [0.3, 0.4) is 0 Å². The first-order valence-electron chi connectivity index (χ1n) is 5.54. The number of aliphatic carboxylic acids is 1. The van der Waals surface area contributed by atoms with Crippen molar-refractivity contribution in [3.63, 3.8) is 0 Å². The van der Waals surface area contributed by atoms with Crippen molar-refractivity contribution in [3.05, 3.63) is 56.2 Å². The summed E-state index contributed by atoms with van der Waals surface area (Å²) in [6.07, 6.45) is 1.55. The van der Waals surface area contributed by atoms with Gasteiger partial charge in [-0.05, 0) is 50.1 Å². The SMILES string of the molecule is O=C(O)C(Nc1ccccc1Cl)c1ncc(Br)cc1Br. The van der Waals surface area contributed by atoms with Crippen molar-refractivity contribution in [2.75, 3.05) is 5.32 Å². The van der Waals surface area contributed by atoms with Crippen LogP contribution in [0.1, 0.15) is 11.7 Å². The maximum Gasteiger partial charge on any atom is 0.332 e. The molecule has 104 valence electrons. The van der Waals surface area contributed by atoms with Gasteiger partial charge in [-0.1, -0.05) is 23.7 Å². The predicted octanol–water partition coefficient (Wildman–Crippen LogP) is 4.50. The van der Waals surface area contributed by atoms with Crippen LogP contribution in [0.5, 0.6) is 0 Å². The summed E-state index contributed by atoms with van der Waals surface area (Å²) in [6.45, 7) is 0. The number of hydrogen-bond acceptors (Lipinski definition) is 3. The normalized spacial score (nSPS) is 11.9. The Bertz CT molecular complexity index is 652. The first-order valence-corrected chi connectivity index (χ1v) is 7.50. The summed E-state index contributed by atoms with van der Waals surface area (Å²) in [5.74, 6) is -1.04. The highest BCUT2D eigenvalue weighted by Crippen LogP contribution is 2.30. The van der Waals surface area contributed by atoms with Crippen LogP contribution in [-0.2, 0) is 4.79 Å². The van der Waals surface area contributed by atoms with E-state index in [1.807, 2.05) is 0 Å². The fraction of sp³-hybridized carbons (Fsp3) is 0.0769. The number of nitrogens with one attached hydrogen (secondary N) is 1. The first-order chi connectivity index (χ1) is 9.49. The molecular formula is C13H9Br2ClN2O2. The maximum absolute atomic E-state index is 11.5. The van der Waals surface area contributed by atoms with Gasteiger partial charge >= 0.3 is 5.97 Å². The Morgan fingerprint density at radius 2 is 2.05 bits per heavy atom. The van der Waals surface area contributed by atoms with Gasteiger partial charge in [-0.25, -0.2) is 4.79 Å². The highest BCUT2D eigenvalue weighted by atomic mass is 79.9. The molecule has 0 bridgehead atoms. The number of carbonyl (C=O) groups is 1. The summed E-state index contributed by atoms with van der Waals surface area (Å²) in [5, 5.41) is 12.7. The monoisotopic (exact) mass is 418 g/mol. The number of rotatable bonds is 4. The number of halogens is 3. The van der Waals surface area contributed by atoms with E-state index in [0.717, 1.165) is 4.47 Å². The van der Waals surface area contributed by atoms with Gasteiger partial charge < -0.3 is 10.4 Å². The van der Waals surface area contributed by atoms with Crippen LogP contribution < -0.4 is 5.32 Å². The van der Waals surface area contributed by atoms with Crippen LogP contribution in [0.15, 0.2) is 45.5 Å². The van der Waals surface area contributed by atoms with Gasteiger partial charge in [0.2, 0.25) is 0 Å². The number of benzene rings is 1. The summed E-state index contributed by atoms with van der Waals surface area (Å²) in [5.41, 5.74) is 0.916. The summed E-state index contributed by atoms with van der Waals surface area (Å²) in [4.78, 5) is 15.6. The van der Waals surface area contributed by atoms with E-state index in [2.05, 4.69) is 42.2 Å². The topological polar surface area (TPSA) is 62.2 Å². The molecule has 0 radical (unpaired) electrons. The molecule has 4 nitrogen and oxygen atoms in total. The summed E-state index contributed by atoms with van der Waals surface area (Å²) < 4.78 is 1.36. The van der Waals surface area contributed by atoms with Gasteiger partial charge in [0, 0.05) is 15.1 Å². The lowest BCUT2D eigenvalue weighted by Crippen LogP contribution is -2.22. The van der Waals surface area contributed by atoms with Gasteiger partial charge in [0.1, 0.15) is 0 Å². The Labute approximate surface area is 137 Å². The number of carboxylic acid groups (broad SMARTS) is 1. The predicted molar refractivity (Wildman–Crippen MR) is 85.1 cm³/mol. The summed E-state index contributed by atoms with van der Waals surface area (Å²) in [7, 11) is 0. The fourth-order valence-corrected chi connectivity index (χ4v) is 3.03. The average molecular weight is 420 g/mol. The molecule has 0 spiro atoms. The lowest BCUT2D eigenvalue weighted by Gasteiger charge is -2.17. The smallest absolute Gasteiger partial charge is 0.332 e. The van der Waals surface area contributed by atoms with Crippen LogP contribution >= 0.6 is 43.5 Å². The standard InChI is InChI=1S/C13H9Br2ClN2O2/c14-7-5-8(15)11(17-6-7)12(13(19)20)18-10-4-2-1-3-9(10)16/h1-6,12,18H,(H,19,20). The van der Waals surface area contributed by atoms with Crippen LogP contribution in [-0.4, -0.2) is 16.1 Å². The second kappa shape index (κ2) is 6.56. The van der Waals surface area contributed by atoms with Crippen molar-refractivity contribution >= 4 is 55.1 Å². The highest BCUT2D eigenvalue weighted by molar-refractivity contribution is 9.11. The van der Waals surface area contributed by atoms with Gasteiger partial charge in [-0.3, -0.25) is 4.98 Å². The molecule has 0 saturated carbocycles. The third kappa shape index (κ3) is 3.50. The number of hydrogen-bond donors (Lipinski definition) is 2. The Kier molecular flexibility index (Phi) is 5.01. The number of aromatic nitrogens is 1. The molecule has 2 aromatic rings. The lowest BCUT2D eigenvalue weighted by molar-refractivity contribution is -0.138. The van der Waals surface area contributed by atoms with Crippen molar-refractivity contribution in [3.8, 4) is 0 Å². The number of anilines is 1. The first kappa shape index (κ1) is 15.3. The molecule has 0 aliphatic rings. The Hall–Kier alpha value is -1.11. The van der Waals surface area contributed by atoms with Gasteiger partial charge in [0.25, 0.3) is 0 Å². The van der Waals surface area contributed by atoms with Crippen LogP contribution in [0.25, 0.3) is 0 Å². The average Bonchev–Trinajstić information content (AvgIpc) is 2.38. The number of pyridine rings is 1. The zero-order valence-electron chi connectivity index (χ0n) is 9.98. The molecule has 0 saturated heterocycles. The molecule has 2 rings (SSSR count). The van der Waals surface area contributed by atoms with Crippen LogP contribution in [0, 0.1) is 0 Å². The number of nitrogens with zero attached hydrogens (tertiary/aromatic N) is 1. The van der Waals surface area contributed by atoms with Gasteiger partial charge in [0.15, 0.2) is 6.04 Å². The van der Waals surface area contributed by atoms with E-state index >= 15 is 0 Å². The molecule has 7 heteroatoms. The summed E-state index contributed by atoms with van der Waals surface area (Å²) in [6, 6.07) is 7.69. The van der Waals surface area contributed by atoms with Crippen molar-refractivity contribution in [2.45, 2.75) is 6.04 Å². The van der Waals surface area contributed by atoms with Crippen molar-refractivity contribution in [2.24, 2.45) is 0 Å². The third-order valence-corrected chi connectivity index (χ3v) is 3.93. The fourth-order valence-electron chi connectivity index (χ4n) is 1.62. The molecule has 0 aliphatic carbocycles. The van der Waals surface area contributed by atoms with Crippen molar-refractivity contribution in [1.82, 2.24) is 4.98 Å². The molecule has 0 aliphatic heterocycles. The largest absolute Gasteiger partial charge is 0.479 e. The van der Waals surface area contributed by atoms with Gasteiger partial charge in [0.05, 0.1) is 16.4 Å². The minimum atomic E-state index is -1.04. The second-order valence-electron chi connectivity index (χ2n) is 3.92. The zero-order valence-corrected chi connectivity index (χ0v) is 13.9. The molecular weight excluding hydrogens is 411 g/mol. The van der Waals surface area contributed by atoms with E-state index in [1.54, 1.807) is 36.5 Å². The second-order valence-corrected chi connectivity index (χ2v) is 6.09. The van der Waals surface area contributed by atoms with E-state index in [1.165, 1.54) is 0 Å². The van der Waals surface area contributed by atoms with E-state index in [0.29, 0.717) is 20.9 Å². The lowest BCUT2D eigenvalue weighted by atomic mass is 10.1. The molecule has 2 N–H and O–H groups in total. The molecule has 1 aromatic heterocycles. The number of carboxylic acids is 1. The zero-order chi connectivity index (χ0) is 14.7.